The fourth-order valence-corrected chi connectivity index (χ4v) is 3.00. The smallest absolute Gasteiger partial charge is 0.314 e. The van der Waals surface area contributed by atoms with Crippen molar-refractivity contribution in [2.45, 2.75) is 39.0 Å². The van der Waals surface area contributed by atoms with Crippen molar-refractivity contribution in [1.29, 1.82) is 0 Å². The summed E-state index contributed by atoms with van der Waals surface area (Å²) in [6, 6.07) is 6.07. The highest BCUT2D eigenvalue weighted by atomic mass is 19.4. The maximum absolute atomic E-state index is 12.5. The summed E-state index contributed by atoms with van der Waals surface area (Å²) in [4.78, 5) is 2.32. The third kappa shape index (κ3) is 4.45. The normalized spacial score (nSPS) is 24.2. The molecule has 1 aliphatic rings. The fraction of sp³-hybridized carbons (Fsp3) is 0.625. The Bertz CT molecular complexity index is 442. The van der Waals surface area contributed by atoms with Gasteiger partial charge < -0.3 is 5.32 Å². The van der Waals surface area contributed by atoms with Crippen LogP contribution in [0.15, 0.2) is 24.3 Å². The third-order valence-electron chi connectivity index (χ3n) is 4.14. The highest BCUT2D eigenvalue weighted by Gasteiger charge is 2.30. The van der Waals surface area contributed by atoms with E-state index in [4.69, 9.17) is 0 Å². The van der Waals surface area contributed by atoms with Crippen molar-refractivity contribution < 1.29 is 13.2 Å². The van der Waals surface area contributed by atoms with Gasteiger partial charge in [-0.15, -0.1) is 0 Å². The zero-order valence-electron chi connectivity index (χ0n) is 12.6. The molecule has 2 rings (SSSR count). The summed E-state index contributed by atoms with van der Waals surface area (Å²) in [6.45, 7) is 8.02. The van der Waals surface area contributed by atoms with Gasteiger partial charge >= 0.3 is 6.18 Å². The number of piperidine rings is 1. The van der Waals surface area contributed by atoms with Gasteiger partial charge in [0.25, 0.3) is 0 Å². The van der Waals surface area contributed by atoms with E-state index in [9.17, 15) is 13.2 Å². The number of alkyl halides is 3. The van der Waals surface area contributed by atoms with E-state index in [-0.39, 0.29) is 0 Å². The SMILES string of the molecule is CCNC1CCN(Cc2ccc(C(F)(F)F)cc2)CC1C. The fourth-order valence-electron chi connectivity index (χ4n) is 3.00. The van der Waals surface area contributed by atoms with Gasteiger partial charge in [-0.1, -0.05) is 26.0 Å². The van der Waals surface area contributed by atoms with Gasteiger partial charge in [0.15, 0.2) is 0 Å². The topological polar surface area (TPSA) is 15.3 Å². The first-order valence-electron chi connectivity index (χ1n) is 7.52. The minimum Gasteiger partial charge on any atom is -0.314 e. The molecule has 118 valence electrons. The highest BCUT2D eigenvalue weighted by Crippen LogP contribution is 2.29. The van der Waals surface area contributed by atoms with Crippen molar-refractivity contribution in [1.82, 2.24) is 10.2 Å². The first-order valence-corrected chi connectivity index (χ1v) is 7.52. The van der Waals surface area contributed by atoms with Crippen LogP contribution in [0.2, 0.25) is 0 Å². The lowest BCUT2D eigenvalue weighted by atomic mass is 9.93. The van der Waals surface area contributed by atoms with Crippen LogP contribution in [0, 0.1) is 5.92 Å². The van der Waals surface area contributed by atoms with E-state index < -0.39 is 11.7 Å². The molecule has 0 radical (unpaired) electrons. The van der Waals surface area contributed by atoms with Crippen molar-refractivity contribution in [3.8, 4) is 0 Å². The van der Waals surface area contributed by atoms with E-state index in [0.717, 1.165) is 38.2 Å². The summed E-state index contributed by atoms with van der Waals surface area (Å²) in [5, 5.41) is 3.49. The van der Waals surface area contributed by atoms with Crippen LogP contribution in [0.3, 0.4) is 0 Å². The average molecular weight is 300 g/mol. The maximum atomic E-state index is 12.5. The lowest BCUT2D eigenvalue weighted by Gasteiger charge is -2.37. The molecule has 0 bridgehead atoms. The van der Waals surface area contributed by atoms with Crippen molar-refractivity contribution >= 4 is 0 Å². The van der Waals surface area contributed by atoms with Crippen LogP contribution in [-0.4, -0.2) is 30.6 Å². The zero-order chi connectivity index (χ0) is 15.5. The first-order chi connectivity index (χ1) is 9.90. The van der Waals surface area contributed by atoms with E-state index >= 15 is 0 Å². The number of hydrogen-bond donors (Lipinski definition) is 1. The standard InChI is InChI=1S/C16H23F3N2/c1-3-20-15-8-9-21(10-12(15)2)11-13-4-6-14(7-5-13)16(17,18)19/h4-7,12,15,20H,3,8-11H2,1-2H3. The molecule has 2 nitrogen and oxygen atoms in total. The van der Waals surface area contributed by atoms with E-state index in [1.807, 2.05) is 0 Å². The monoisotopic (exact) mass is 300 g/mol. The van der Waals surface area contributed by atoms with Gasteiger partial charge in [0.1, 0.15) is 0 Å². The second-order valence-corrected chi connectivity index (χ2v) is 5.86. The van der Waals surface area contributed by atoms with Crippen molar-refractivity contribution in [2.24, 2.45) is 5.92 Å². The van der Waals surface area contributed by atoms with Crippen LogP contribution >= 0.6 is 0 Å². The minimum absolute atomic E-state index is 0.554. The Morgan fingerprint density at radius 1 is 1.24 bits per heavy atom. The number of rotatable bonds is 4. The van der Waals surface area contributed by atoms with Crippen molar-refractivity contribution in [2.75, 3.05) is 19.6 Å². The molecule has 2 atom stereocenters. The number of nitrogens with zero attached hydrogens (tertiary/aromatic N) is 1. The Morgan fingerprint density at radius 3 is 2.43 bits per heavy atom. The van der Waals surface area contributed by atoms with E-state index in [1.54, 1.807) is 12.1 Å². The van der Waals surface area contributed by atoms with Gasteiger partial charge in [0, 0.05) is 19.1 Å². The molecule has 0 saturated carbocycles. The molecule has 0 aromatic heterocycles. The highest BCUT2D eigenvalue weighted by molar-refractivity contribution is 5.24. The Morgan fingerprint density at radius 2 is 1.90 bits per heavy atom. The second-order valence-electron chi connectivity index (χ2n) is 5.86. The van der Waals surface area contributed by atoms with Crippen LogP contribution in [-0.2, 0) is 12.7 Å². The summed E-state index contributed by atoms with van der Waals surface area (Å²) in [5.74, 6) is 0.563. The molecule has 0 spiro atoms. The van der Waals surface area contributed by atoms with Gasteiger partial charge in [0.05, 0.1) is 5.56 Å². The molecule has 1 saturated heterocycles. The largest absolute Gasteiger partial charge is 0.416 e. The number of likely N-dealkylation sites (tertiary alicyclic amines) is 1. The number of hydrogen-bond acceptors (Lipinski definition) is 2. The van der Waals surface area contributed by atoms with Crippen molar-refractivity contribution in [3.05, 3.63) is 35.4 Å². The average Bonchev–Trinajstić information content (AvgIpc) is 2.42. The summed E-state index contributed by atoms with van der Waals surface area (Å²) in [5.41, 5.74) is 0.363. The molecule has 1 heterocycles. The minimum atomic E-state index is -4.25. The molecule has 1 aromatic rings. The summed E-state index contributed by atoms with van der Waals surface area (Å²) >= 11 is 0. The molecule has 1 N–H and O–H groups in total. The van der Waals surface area contributed by atoms with Gasteiger partial charge in [-0.2, -0.15) is 13.2 Å². The predicted molar refractivity (Wildman–Crippen MR) is 78.0 cm³/mol. The molecule has 2 unspecified atom stereocenters. The molecule has 21 heavy (non-hydrogen) atoms. The van der Waals surface area contributed by atoms with Gasteiger partial charge in [-0.05, 0) is 43.1 Å². The van der Waals surface area contributed by atoms with Crippen LogP contribution in [0.5, 0.6) is 0 Å². The summed E-state index contributed by atoms with van der Waals surface area (Å²) in [7, 11) is 0. The molecule has 1 fully saturated rings. The Labute approximate surface area is 124 Å². The molecular weight excluding hydrogens is 277 g/mol. The number of nitrogens with one attached hydrogen (secondary N) is 1. The zero-order valence-corrected chi connectivity index (χ0v) is 12.6. The number of benzene rings is 1. The number of halogens is 3. The Balaban J connectivity index is 1.91. The van der Waals surface area contributed by atoms with Crippen molar-refractivity contribution in [3.63, 3.8) is 0 Å². The summed E-state index contributed by atoms with van der Waals surface area (Å²) < 4.78 is 37.6. The van der Waals surface area contributed by atoms with Crippen LogP contribution in [0.25, 0.3) is 0 Å². The third-order valence-corrected chi connectivity index (χ3v) is 4.14. The first kappa shape index (κ1) is 16.3. The van der Waals surface area contributed by atoms with E-state index in [0.29, 0.717) is 12.0 Å². The maximum Gasteiger partial charge on any atom is 0.416 e. The second kappa shape index (κ2) is 6.79. The van der Waals surface area contributed by atoms with E-state index in [1.165, 1.54) is 12.1 Å². The van der Waals surface area contributed by atoms with Crippen LogP contribution in [0.1, 0.15) is 31.4 Å². The lowest BCUT2D eigenvalue weighted by molar-refractivity contribution is -0.137. The molecular formula is C16H23F3N2. The molecule has 5 heteroatoms. The molecule has 1 aliphatic heterocycles. The van der Waals surface area contributed by atoms with Crippen LogP contribution < -0.4 is 5.32 Å². The van der Waals surface area contributed by atoms with Crippen LogP contribution in [0.4, 0.5) is 13.2 Å². The lowest BCUT2D eigenvalue weighted by Crippen LogP contribution is -2.47. The molecule has 0 amide bonds. The Kier molecular flexibility index (Phi) is 5.27. The van der Waals surface area contributed by atoms with Gasteiger partial charge in [-0.25, -0.2) is 0 Å². The molecule has 0 aliphatic carbocycles. The van der Waals surface area contributed by atoms with Gasteiger partial charge in [-0.3, -0.25) is 4.90 Å². The Hall–Kier alpha value is -1.07. The summed E-state index contributed by atoms with van der Waals surface area (Å²) in [6.07, 6.45) is -3.16. The van der Waals surface area contributed by atoms with Gasteiger partial charge in [0.2, 0.25) is 0 Å². The predicted octanol–water partition coefficient (Wildman–Crippen LogP) is 3.53. The molecule has 1 aromatic carbocycles. The quantitative estimate of drug-likeness (QED) is 0.915. The van der Waals surface area contributed by atoms with E-state index in [2.05, 4.69) is 24.1 Å².